The third kappa shape index (κ3) is 3.22. The van der Waals surface area contributed by atoms with Gasteiger partial charge in [-0.2, -0.15) is 10.2 Å². The lowest BCUT2D eigenvalue weighted by atomic mass is 9.98. The van der Waals surface area contributed by atoms with Gasteiger partial charge in [-0.25, -0.2) is 0 Å². The number of rotatable bonds is 3. The molecule has 0 unspecified atom stereocenters. The molecule has 0 aliphatic carbocycles. The first-order valence-electron chi connectivity index (χ1n) is 8.96. The molecule has 2 aromatic heterocycles. The van der Waals surface area contributed by atoms with Crippen LogP contribution in [0.15, 0.2) is 18.3 Å². The molecule has 2 fully saturated rings. The van der Waals surface area contributed by atoms with Gasteiger partial charge in [-0.05, 0) is 31.4 Å². The number of hydrogen-bond donors (Lipinski definition) is 2. The van der Waals surface area contributed by atoms with E-state index in [-0.39, 0.29) is 17.9 Å². The van der Waals surface area contributed by atoms with E-state index in [1.807, 2.05) is 4.90 Å². The number of carbonyl (C=O) groups excluding carboxylic acids is 2. The molecule has 1 atom stereocenters. The Bertz CT molecular complexity index is 765. The SMILES string of the molecule is O=C(c1cc([C@H]2CCCCN2C(=O)c2ccn[nH]2)[nH]n1)N1CCOCC1. The van der Waals surface area contributed by atoms with Crippen LogP contribution in [-0.4, -0.2) is 74.9 Å². The highest BCUT2D eigenvalue weighted by Crippen LogP contribution is 2.31. The van der Waals surface area contributed by atoms with Gasteiger partial charge >= 0.3 is 0 Å². The third-order valence-corrected chi connectivity index (χ3v) is 4.97. The van der Waals surface area contributed by atoms with E-state index in [2.05, 4.69) is 20.4 Å². The molecule has 2 aromatic rings. The number of ether oxygens (including phenoxy) is 1. The third-order valence-electron chi connectivity index (χ3n) is 4.97. The molecule has 0 spiro atoms. The zero-order chi connectivity index (χ0) is 17.9. The first kappa shape index (κ1) is 16.8. The number of carbonyl (C=O) groups is 2. The van der Waals surface area contributed by atoms with E-state index in [1.165, 1.54) is 0 Å². The molecule has 2 aliphatic heterocycles. The predicted molar refractivity (Wildman–Crippen MR) is 91.5 cm³/mol. The maximum absolute atomic E-state index is 12.8. The second kappa shape index (κ2) is 7.28. The second-order valence-electron chi connectivity index (χ2n) is 6.59. The number of nitrogens with zero attached hydrogens (tertiary/aromatic N) is 4. The molecule has 4 heterocycles. The van der Waals surface area contributed by atoms with Crippen LogP contribution >= 0.6 is 0 Å². The zero-order valence-corrected chi connectivity index (χ0v) is 14.5. The second-order valence-corrected chi connectivity index (χ2v) is 6.59. The highest BCUT2D eigenvalue weighted by molar-refractivity contribution is 5.93. The van der Waals surface area contributed by atoms with Crippen LogP contribution in [-0.2, 0) is 4.74 Å². The molecule has 2 aliphatic rings. The van der Waals surface area contributed by atoms with Gasteiger partial charge in [0.1, 0.15) is 11.4 Å². The van der Waals surface area contributed by atoms with Crippen molar-refractivity contribution in [1.29, 1.82) is 0 Å². The van der Waals surface area contributed by atoms with Gasteiger partial charge in [0.25, 0.3) is 11.8 Å². The summed E-state index contributed by atoms with van der Waals surface area (Å²) < 4.78 is 5.29. The number of aromatic nitrogens is 4. The smallest absolute Gasteiger partial charge is 0.274 e. The monoisotopic (exact) mass is 358 g/mol. The van der Waals surface area contributed by atoms with Gasteiger partial charge in [0, 0.05) is 25.8 Å². The Kier molecular flexibility index (Phi) is 4.70. The summed E-state index contributed by atoms with van der Waals surface area (Å²) in [6, 6.07) is 3.34. The molecule has 0 radical (unpaired) electrons. The maximum atomic E-state index is 12.8. The van der Waals surface area contributed by atoms with Crippen LogP contribution in [0.4, 0.5) is 0 Å². The van der Waals surface area contributed by atoms with Crippen molar-refractivity contribution in [1.82, 2.24) is 30.2 Å². The van der Waals surface area contributed by atoms with Crippen LogP contribution in [0.1, 0.15) is 52.0 Å². The Morgan fingerprint density at radius 1 is 1.12 bits per heavy atom. The van der Waals surface area contributed by atoms with Crippen molar-refractivity contribution in [3.63, 3.8) is 0 Å². The lowest BCUT2D eigenvalue weighted by Crippen LogP contribution is -2.40. The molecule has 9 nitrogen and oxygen atoms in total. The lowest BCUT2D eigenvalue weighted by molar-refractivity contribution is 0.0299. The van der Waals surface area contributed by atoms with Crippen molar-refractivity contribution in [2.24, 2.45) is 0 Å². The van der Waals surface area contributed by atoms with Gasteiger partial charge in [0.15, 0.2) is 0 Å². The van der Waals surface area contributed by atoms with Crippen molar-refractivity contribution < 1.29 is 14.3 Å². The fourth-order valence-electron chi connectivity index (χ4n) is 3.57. The molecule has 4 rings (SSSR count). The number of aromatic amines is 2. The van der Waals surface area contributed by atoms with Crippen molar-refractivity contribution in [3.8, 4) is 0 Å². The largest absolute Gasteiger partial charge is 0.378 e. The van der Waals surface area contributed by atoms with Gasteiger partial charge < -0.3 is 14.5 Å². The molecule has 9 heteroatoms. The summed E-state index contributed by atoms with van der Waals surface area (Å²) in [6.07, 6.45) is 4.40. The highest BCUT2D eigenvalue weighted by Gasteiger charge is 2.31. The molecule has 2 saturated heterocycles. The van der Waals surface area contributed by atoms with Gasteiger partial charge in [-0.15, -0.1) is 0 Å². The first-order valence-corrected chi connectivity index (χ1v) is 8.96. The van der Waals surface area contributed by atoms with E-state index in [9.17, 15) is 9.59 Å². The van der Waals surface area contributed by atoms with E-state index >= 15 is 0 Å². The summed E-state index contributed by atoms with van der Waals surface area (Å²) in [5, 5.41) is 13.8. The molecule has 0 saturated carbocycles. The molecule has 138 valence electrons. The first-order chi connectivity index (χ1) is 12.7. The van der Waals surface area contributed by atoms with Gasteiger partial charge in [-0.1, -0.05) is 0 Å². The standard InChI is InChI=1S/C17H22N6O3/c24-16(22-7-9-26-10-8-22)14-11-13(20-21-14)15-3-1-2-6-23(15)17(25)12-4-5-18-19-12/h4-5,11,15H,1-3,6-10H2,(H,18,19)(H,20,21)/t15-/m1/s1. The van der Waals surface area contributed by atoms with E-state index in [4.69, 9.17) is 4.74 Å². The zero-order valence-electron chi connectivity index (χ0n) is 14.5. The van der Waals surface area contributed by atoms with Gasteiger partial charge in [0.2, 0.25) is 0 Å². The summed E-state index contributed by atoms with van der Waals surface area (Å²) in [7, 11) is 0. The molecule has 0 bridgehead atoms. The van der Waals surface area contributed by atoms with E-state index in [0.717, 1.165) is 25.0 Å². The fraction of sp³-hybridized carbons (Fsp3) is 0.529. The van der Waals surface area contributed by atoms with Crippen molar-refractivity contribution in [2.75, 3.05) is 32.8 Å². The maximum Gasteiger partial charge on any atom is 0.274 e. The summed E-state index contributed by atoms with van der Waals surface area (Å²) in [4.78, 5) is 28.9. The van der Waals surface area contributed by atoms with Crippen LogP contribution in [0.3, 0.4) is 0 Å². The summed E-state index contributed by atoms with van der Waals surface area (Å²) in [5.41, 5.74) is 1.66. The number of nitrogens with one attached hydrogen (secondary N) is 2. The molecule has 2 amide bonds. The predicted octanol–water partition coefficient (Wildman–Crippen LogP) is 0.973. The van der Waals surface area contributed by atoms with Crippen LogP contribution in [0, 0.1) is 0 Å². The van der Waals surface area contributed by atoms with Crippen LogP contribution in [0.5, 0.6) is 0 Å². The highest BCUT2D eigenvalue weighted by atomic mass is 16.5. The van der Waals surface area contributed by atoms with Crippen molar-refractivity contribution in [3.05, 3.63) is 35.4 Å². The van der Waals surface area contributed by atoms with E-state index in [0.29, 0.717) is 44.2 Å². The van der Waals surface area contributed by atoms with Crippen molar-refractivity contribution >= 4 is 11.8 Å². The van der Waals surface area contributed by atoms with Crippen LogP contribution in [0.2, 0.25) is 0 Å². The molecule has 2 N–H and O–H groups in total. The topological polar surface area (TPSA) is 107 Å². The van der Waals surface area contributed by atoms with Gasteiger partial charge in [0.05, 0.1) is 24.9 Å². The average Bonchev–Trinajstić information content (AvgIpc) is 3.40. The molecule has 0 aromatic carbocycles. The van der Waals surface area contributed by atoms with Crippen molar-refractivity contribution in [2.45, 2.75) is 25.3 Å². The quantitative estimate of drug-likeness (QED) is 0.850. The summed E-state index contributed by atoms with van der Waals surface area (Å²) >= 11 is 0. The average molecular weight is 358 g/mol. The van der Waals surface area contributed by atoms with E-state index < -0.39 is 0 Å². The number of hydrogen-bond acceptors (Lipinski definition) is 5. The normalized spacial score (nSPS) is 21.0. The Balaban J connectivity index is 1.53. The number of H-pyrrole nitrogens is 2. The Morgan fingerprint density at radius 3 is 2.73 bits per heavy atom. The molecule has 26 heavy (non-hydrogen) atoms. The Hall–Kier alpha value is -2.68. The summed E-state index contributed by atoms with van der Waals surface area (Å²) in [5.74, 6) is -0.180. The van der Waals surface area contributed by atoms with Gasteiger partial charge in [-0.3, -0.25) is 19.8 Å². The number of morpholine rings is 1. The van der Waals surface area contributed by atoms with Crippen LogP contribution in [0.25, 0.3) is 0 Å². The fourth-order valence-corrected chi connectivity index (χ4v) is 3.57. The summed E-state index contributed by atoms with van der Waals surface area (Å²) in [6.45, 7) is 2.94. The Labute approximate surface area is 150 Å². The minimum atomic E-state index is -0.113. The molecular formula is C17H22N6O3. The minimum Gasteiger partial charge on any atom is -0.378 e. The molecular weight excluding hydrogens is 336 g/mol. The van der Waals surface area contributed by atoms with Crippen LogP contribution < -0.4 is 0 Å². The number of amides is 2. The van der Waals surface area contributed by atoms with E-state index in [1.54, 1.807) is 23.2 Å². The number of piperidine rings is 1. The number of likely N-dealkylation sites (tertiary alicyclic amines) is 1. The Morgan fingerprint density at radius 2 is 1.96 bits per heavy atom. The minimum absolute atomic E-state index is 0.0807. The lowest BCUT2D eigenvalue weighted by Gasteiger charge is -2.34.